The number of benzene rings is 1. The summed E-state index contributed by atoms with van der Waals surface area (Å²) in [6, 6.07) is 10.3. The number of hydrogen-bond donors (Lipinski definition) is 2. The molecule has 2 heterocycles. The summed E-state index contributed by atoms with van der Waals surface area (Å²) < 4.78 is 5.67. The maximum Gasteiger partial charge on any atom is 0.169 e. The first-order valence-electron chi connectivity index (χ1n) is 8.47. The highest BCUT2D eigenvalue weighted by Crippen LogP contribution is 2.39. The Kier molecular flexibility index (Phi) is 4.37. The first kappa shape index (κ1) is 16.3. The van der Waals surface area contributed by atoms with E-state index < -0.39 is 6.10 Å². The molecule has 0 saturated carbocycles. The molecule has 5 nitrogen and oxygen atoms in total. The summed E-state index contributed by atoms with van der Waals surface area (Å²) >= 11 is 0. The summed E-state index contributed by atoms with van der Waals surface area (Å²) in [7, 11) is 0. The molecule has 0 amide bonds. The standard InChI is InChI=1S/C21H18N2O3/c24-17-10-8-14(9-11-17)19-18(20(25)16-7-4-12-22-13-16)21(26-23-19)15-5-2-1-3-6-15/h1-2,4-5,7-13,20,24-25H,3,6H2. The van der Waals surface area contributed by atoms with Crippen LogP contribution >= 0.6 is 0 Å². The summed E-state index contributed by atoms with van der Waals surface area (Å²) in [5.41, 5.74) is 3.62. The number of aromatic hydroxyl groups is 1. The molecule has 0 aliphatic heterocycles. The van der Waals surface area contributed by atoms with Crippen molar-refractivity contribution in [2.24, 2.45) is 0 Å². The van der Waals surface area contributed by atoms with Crippen LogP contribution in [0.1, 0.15) is 35.8 Å². The number of aromatic nitrogens is 2. The third-order valence-corrected chi connectivity index (χ3v) is 4.45. The van der Waals surface area contributed by atoms with E-state index in [1.807, 2.05) is 18.2 Å². The van der Waals surface area contributed by atoms with E-state index in [1.165, 1.54) is 0 Å². The Labute approximate surface area is 150 Å². The Morgan fingerprint density at radius 2 is 1.96 bits per heavy atom. The van der Waals surface area contributed by atoms with Gasteiger partial charge in [-0.1, -0.05) is 29.5 Å². The van der Waals surface area contributed by atoms with Crippen molar-refractivity contribution in [3.63, 3.8) is 0 Å². The molecule has 0 fully saturated rings. The zero-order chi connectivity index (χ0) is 17.9. The lowest BCUT2D eigenvalue weighted by molar-refractivity contribution is 0.218. The average Bonchev–Trinajstić information content (AvgIpc) is 3.14. The van der Waals surface area contributed by atoms with E-state index in [0.29, 0.717) is 22.6 Å². The second kappa shape index (κ2) is 6.98. The molecular weight excluding hydrogens is 328 g/mol. The predicted octanol–water partition coefficient (Wildman–Crippen LogP) is 4.26. The van der Waals surface area contributed by atoms with E-state index in [-0.39, 0.29) is 5.75 Å². The molecule has 4 rings (SSSR count). The largest absolute Gasteiger partial charge is 0.508 e. The van der Waals surface area contributed by atoms with Gasteiger partial charge < -0.3 is 14.7 Å². The van der Waals surface area contributed by atoms with E-state index in [0.717, 1.165) is 24.0 Å². The summed E-state index contributed by atoms with van der Waals surface area (Å²) in [4.78, 5) is 4.10. The molecule has 0 bridgehead atoms. The summed E-state index contributed by atoms with van der Waals surface area (Å²) in [5, 5.41) is 24.8. The van der Waals surface area contributed by atoms with Gasteiger partial charge in [-0.3, -0.25) is 4.98 Å². The van der Waals surface area contributed by atoms with Crippen molar-refractivity contribution in [2.45, 2.75) is 18.9 Å². The van der Waals surface area contributed by atoms with Crippen LogP contribution in [0.25, 0.3) is 16.8 Å². The number of pyridine rings is 1. The Morgan fingerprint density at radius 3 is 2.65 bits per heavy atom. The molecule has 0 spiro atoms. The highest BCUT2D eigenvalue weighted by Gasteiger charge is 2.27. The normalized spacial score (nSPS) is 14.9. The minimum atomic E-state index is -0.916. The van der Waals surface area contributed by atoms with Crippen LogP contribution in [0.3, 0.4) is 0 Å². The van der Waals surface area contributed by atoms with Crippen molar-refractivity contribution in [2.75, 3.05) is 0 Å². The lowest BCUT2D eigenvalue weighted by Crippen LogP contribution is -2.04. The number of hydrogen-bond acceptors (Lipinski definition) is 5. The van der Waals surface area contributed by atoms with E-state index in [2.05, 4.69) is 16.2 Å². The fraction of sp³-hybridized carbons (Fsp3) is 0.143. The van der Waals surface area contributed by atoms with E-state index in [4.69, 9.17) is 4.52 Å². The molecule has 3 aromatic rings. The van der Waals surface area contributed by atoms with Crippen LogP contribution in [0.2, 0.25) is 0 Å². The molecule has 130 valence electrons. The molecule has 0 radical (unpaired) electrons. The summed E-state index contributed by atoms with van der Waals surface area (Å²) in [6.07, 6.45) is 10.2. The van der Waals surface area contributed by atoms with Crippen molar-refractivity contribution < 1.29 is 14.7 Å². The van der Waals surface area contributed by atoms with Crippen molar-refractivity contribution in [3.8, 4) is 17.0 Å². The van der Waals surface area contributed by atoms with Gasteiger partial charge in [-0.05, 0) is 48.7 Å². The molecular formula is C21H18N2O3. The number of rotatable bonds is 4. The van der Waals surface area contributed by atoms with Crippen LogP contribution in [0, 0.1) is 0 Å². The number of aliphatic hydroxyl groups excluding tert-OH is 1. The summed E-state index contributed by atoms with van der Waals surface area (Å²) in [6.45, 7) is 0. The topological polar surface area (TPSA) is 79.4 Å². The van der Waals surface area contributed by atoms with E-state index in [1.54, 1.807) is 42.7 Å². The molecule has 2 N–H and O–H groups in total. The predicted molar refractivity (Wildman–Crippen MR) is 98.3 cm³/mol. The van der Waals surface area contributed by atoms with Crippen LogP contribution in [0.15, 0.2) is 71.5 Å². The SMILES string of the molecule is Oc1ccc(-c2noc(C3=CC=CCC3)c2C(O)c2cccnc2)cc1. The van der Waals surface area contributed by atoms with E-state index in [9.17, 15) is 10.2 Å². The van der Waals surface area contributed by atoms with Crippen LogP contribution in [0.5, 0.6) is 5.75 Å². The van der Waals surface area contributed by atoms with Gasteiger partial charge in [-0.15, -0.1) is 0 Å². The Hall–Kier alpha value is -3.18. The van der Waals surface area contributed by atoms with Gasteiger partial charge in [0.2, 0.25) is 0 Å². The highest BCUT2D eigenvalue weighted by molar-refractivity contribution is 5.75. The highest BCUT2D eigenvalue weighted by atomic mass is 16.5. The minimum absolute atomic E-state index is 0.173. The molecule has 1 unspecified atom stereocenters. The van der Waals surface area contributed by atoms with Crippen molar-refractivity contribution >= 4 is 5.57 Å². The number of nitrogens with zero attached hydrogens (tertiary/aromatic N) is 2. The lowest BCUT2D eigenvalue weighted by atomic mass is 9.92. The second-order valence-corrected chi connectivity index (χ2v) is 6.17. The molecule has 0 saturated heterocycles. The molecule has 1 aliphatic carbocycles. The zero-order valence-electron chi connectivity index (χ0n) is 14.0. The van der Waals surface area contributed by atoms with Gasteiger partial charge in [0, 0.05) is 23.5 Å². The first-order valence-corrected chi connectivity index (χ1v) is 8.47. The van der Waals surface area contributed by atoms with E-state index >= 15 is 0 Å². The van der Waals surface area contributed by atoms with Gasteiger partial charge in [0.1, 0.15) is 17.5 Å². The summed E-state index contributed by atoms with van der Waals surface area (Å²) in [5.74, 6) is 0.765. The van der Waals surface area contributed by atoms with Crippen molar-refractivity contribution in [1.29, 1.82) is 0 Å². The van der Waals surface area contributed by atoms with Crippen molar-refractivity contribution in [1.82, 2.24) is 10.1 Å². The molecule has 1 aliphatic rings. The fourth-order valence-corrected chi connectivity index (χ4v) is 3.11. The van der Waals surface area contributed by atoms with Crippen molar-refractivity contribution in [3.05, 3.63) is 83.9 Å². The maximum absolute atomic E-state index is 11.1. The van der Waals surface area contributed by atoms with Crippen LogP contribution < -0.4 is 0 Å². The minimum Gasteiger partial charge on any atom is -0.508 e. The number of phenolic OH excluding ortho intramolecular Hbond substituents is 1. The zero-order valence-corrected chi connectivity index (χ0v) is 14.0. The second-order valence-electron chi connectivity index (χ2n) is 6.17. The van der Waals surface area contributed by atoms with Gasteiger partial charge in [0.25, 0.3) is 0 Å². The van der Waals surface area contributed by atoms with Gasteiger partial charge in [0.15, 0.2) is 5.76 Å². The maximum atomic E-state index is 11.1. The molecule has 5 heteroatoms. The third-order valence-electron chi connectivity index (χ3n) is 4.45. The molecule has 26 heavy (non-hydrogen) atoms. The van der Waals surface area contributed by atoms with Crippen LogP contribution in [-0.4, -0.2) is 20.4 Å². The Bertz CT molecular complexity index is 957. The average molecular weight is 346 g/mol. The van der Waals surface area contributed by atoms with Gasteiger partial charge in [0.05, 0.1) is 5.56 Å². The Morgan fingerprint density at radius 1 is 1.12 bits per heavy atom. The monoisotopic (exact) mass is 346 g/mol. The third kappa shape index (κ3) is 3.05. The molecule has 2 aromatic heterocycles. The molecule has 1 atom stereocenters. The molecule has 1 aromatic carbocycles. The number of allylic oxidation sites excluding steroid dienone is 4. The van der Waals surface area contributed by atoms with Crippen LogP contribution in [0.4, 0.5) is 0 Å². The Balaban J connectivity index is 1.87. The van der Waals surface area contributed by atoms with Crippen LogP contribution in [-0.2, 0) is 0 Å². The smallest absolute Gasteiger partial charge is 0.169 e. The van der Waals surface area contributed by atoms with Gasteiger partial charge in [-0.25, -0.2) is 0 Å². The quantitative estimate of drug-likeness (QED) is 0.738. The van der Waals surface area contributed by atoms with Gasteiger partial charge >= 0.3 is 0 Å². The number of aliphatic hydroxyl groups is 1. The first-order chi connectivity index (χ1) is 12.7. The number of phenols is 1. The fourth-order valence-electron chi connectivity index (χ4n) is 3.11. The lowest BCUT2D eigenvalue weighted by Gasteiger charge is -2.14. The van der Waals surface area contributed by atoms with Gasteiger partial charge in [-0.2, -0.15) is 0 Å².